The highest BCUT2D eigenvalue weighted by atomic mass is 15.2. The maximum Gasteiger partial charge on any atom is 0.0540 e. The molecule has 328 valence electrons. The van der Waals surface area contributed by atoms with Gasteiger partial charge in [-0.15, -0.1) is 0 Å². The SMILES string of the molecule is c1ccc(-c2ccccc2N(c2ccc3cc4c(cc3c2)-c2cc3cc(N(c5ccccc5-c5ccccc5)c5ccccc5-c5ccccc5)ccc3cc2-4)c2ccccc2-c2ccccc2)cc1. The topological polar surface area (TPSA) is 6.48 Å². The van der Waals surface area contributed by atoms with E-state index in [1.54, 1.807) is 0 Å². The number of hydrogen-bond donors (Lipinski definition) is 0. The van der Waals surface area contributed by atoms with Gasteiger partial charge in [0.25, 0.3) is 0 Å². The van der Waals surface area contributed by atoms with Crippen molar-refractivity contribution in [1.29, 1.82) is 0 Å². The third-order valence-electron chi connectivity index (χ3n) is 13.9. The molecule has 1 aliphatic rings. The molecule has 0 aromatic heterocycles. The van der Waals surface area contributed by atoms with E-state index in [4.69, 9.17) is 0 Å². The monoisotopic (exact) mass is 890 g/mol. The number of fused-ring (bicyclic) bond motifs is 6. The summed E-state index contributed by atoms with van der Waals surface area (Å²) in [7, 11) is 0. The summed E-state index contributed by atoms with van der Waals surface area (Å²) < 4.78 is 0. The van der Waals surface area contributed by atoms with E-state index in [1.807, 2.05) is 0 Å². The van der Waals surface area contributed by atoms with Crippen LogP contribution in [0.15, 0.2) is 279 Å². The molecule has 1 aliphatic carbocycles. The van der Waals surface area contributed by atoms with Gasteiger partial charge in [-0.2, -0.15) is 0 Å². The lowest BCUT2D eigenvalue weighted by atomic mass is 9.78. The molecule has 0 amide bonds. The van der Waals surface area contributed by atoms with E-state index >= 15 is 0 Å². The lowest BCUT2D eigenvalue weighted by Gasteiger charge is -2.31. The Morgan fingerprint density at radius 3 is 0.700 bits per heavy atom. The Labute approximate surface area is 409 Å². The molecule has 0 fully saturated rings. The van der Waals surface area contributed by atoms with Crippen LogP contribution in [0.4, 0.5) is 34.1 Å². The molecule has 2 heteroatoms. The van der Waals surface area contributed by atoms with Crippen LogP contribution in [0.2, 0.25) is 0 Å². The van der Waals surface area contributed by atoms with E-state index in [9.17, 15) is 0 Å². The minimum absolute atomic E-state index is 1.11. The lowest BCUT2D eigenvalue weighted by Crippen LogP contribution is -2.12. The molecule has 0 unspecified atom stereocenters. The van der Waals surface area contributed by atoms with Crippen molar-refractivity contribution in [3.63, 3.8) is 0 Å². The van der Waals surface area contributed by atoms with Crippen LogP contribution < -0.4 is 9.80 Å². The average Bonchev–Trinajstić information content (AvgIpc) is 3.44. The molecule has 0 saturated carbocycles. The largest absolute Gasteiger partial charge is 0.309 e. The molecule has 2 nitrogen and oxygen atoms in total. The van der Waals surface area contributed by atoms with Crippen molar-refractivity contribution in [2.24, 2.45) is 0 Å². The van der Waals surface area contributed by atoms with Crippen molar-refractivity contribution in [2.45, 2.75) is 0 Å². The third kappa shape index (κ3) is 7.22. The summed E-state index contributed by atoms with van der Waals surface area (Å²) in [5.41, 5.74) is 21.3. The maximum atomic E-state index is 2.45. The van der Waals surface area contributed by atoms with Crippen molar-refractivity contribution in [2.75, 3.05) is 9.80 Å². The zero-order chi connectivity index (χ0) is 46.4. The molecule has 0 radical (unpaired) electrons. The van der Waals surface area contributed by atoms with Gasteiger partial charge in [-0.25, -0.2) is 0 Å². The Morgan fingerprint density at radius 2 is 0.414 bits per heavy atom. The molecule has 0 bridgehead atoms. The minimum Gasteiger partial charge on any atom is -0.309 e. The number of rotatable bonds is 10. The molecule has 13 rings (SSSR count). The highest BCUT2D eigenvalue weighted by Crippen LogP contribution is 2.53. The molecule has 0 N–H and O–H groups in total. The van der Waals surface area contributed by atoms with E-state index in [2.05, 4.69) is 289 Å². The van der Waals surface area contributed by atoms with Crippen molar-refractivity contribution in [3.05, 3.63) is 279 Å². The Kier molecular flexibility index (Phi) is 10.2. The van der Waals surface area contributed by atoms with E-state index in [-0.39, 0.29) is 0 Å². The van der Waals surface area contributed by atoms with Crippen LogP contribution in [0.1, 0.15) is 0 Å². The average molecular weight is 891 g/mol. The minimum atomic E-state index is 1.11. The summed E-state index contributed by atoms with van der Waals surface area (Å²) in [6, 6.07) is 102. The Hall–Kier alpha value is -9.24. The standard InChI is InChI=1S/C68H46N2/c1-5-21-47(22-6-1)57-29-13-17-33-65(57)69(66-34-18-14-30-58(66)48-23-7-2-8-24-48)55-39-37-51-43-61-62-44-52-38-40-56(42-54(52)46-64(62)63(61)45-53(51)41-55)70(67-35-19-15-31-59(67)49-25-9-3-10-26-49)68-36-20-16-32-60(68)50-27-11-4-12-28-50/h1-46H. The summed E-state index contributed by atoms with van der Waals surface area (Å²) in [5, 5.41) is 4.86. The molecular formula is C68H46N2. The van der Waals surface area contributed by atoms with E-state index in [1.165, 1.54) is 88.3 Å². The fourth-order valence-electron chi connectivity index (χ4n) is 10.6. The van der Waals surface area contributed by atoms with Gasteiger partial charge in [0.15, 0.2) is 0 Å². The first-order chi connectivity index (χ1) is 34.7. The molecule has 0 heterocycles. The van der Waals surface area contributed by atoms with E-state index in [0.717, 1.165) is 34.1 Å². The van der Waals surface area contributed by atoms with Crippen LogP contribution in [0.3, 0.4) is 0 Å². The molecule has 0 saturated heterocycles. The predicted molar refractivity (Wildman–Crippen MR) is 297 cm³/mol. The van der Waals surface area contributed by atoms with Gasteiger partial charge in [0, 0.05) is 33.6 Å². The molecule has 0 aliphatic heterocycles. The second-order valence-corrected chi connectivity index (χ2v) is 18.1. The van der Waals surface area contributed by atoms with Crippen LogP contribution in [-0.4, -0.2) is 0 Å². The van der Waals surface area contributed by atoms with Gasteiger partial charge in [-0.05, 0) is 139 Å². The molecule has 12 aromatic rings. The van der Waals surface area contributed by atoms with Gasteiger partial charge in [-0.1, -0.05) is 206 Å². The molecule has 0 spiro atoms. The summed E-state index contributed by atoms with van der Waals surface area (Å²) in [6.07, 6.45) is 0. The van der Waals surface area contributed by atoms with Gasteiger partial charge in [0.2, 0.25) is 0 Å². The first-order valence-corrected chi connectivity index (χ1v) is 24.1. The van der Waals surface area contributed by atoms with Crippen LogP contribution in [0.5, 0.6) is 0 Å². The Morgan fingerprint density at radius 1 is 0.171 bits per heavy atom. The fourth-order valence-corrected chi connectivity index (χ4v) is 10.6. The number of benzene rings is 12. The zero-order valence-electron chi connectivity index (χ0n) is 38.5. The molecule has 0 atom stereocenters. The summed E-state index contributed by atoms with van der Waals surface area (Å²) in [4.78, 5) is 4.90. The van der Waals surface area contributed by atoms with Gasteiger partial charge < -0.3 is 9.80 Å². The molecule has 70 heavy (non-hydrogen) atoms. The molecular weight excluding hydrogens is 845 g/mol. The smallest absolute Gasteiger partial charge is 0.0540 e. The zero-order valence-corrected chi connectivity index (χ0v) is 38.5. The number of anilines is 6. The second-order valence-electron chi connectivity index (χ2n) is 18.1. The first kappa shape index (κ1) is 41.0. The van der Waals surface area contributed by atoms with Crippen molar-refractivity contribution in [1.82, 2.24) is 0 Å². The quantitative estimate of drug-likeness (QED) is 0.135. The predicted octanol–water partition coefficient (Wildman–Crippen LogP) is 19.2. The van der Waals surface area contributed by atoms with Crippen LogP contribution >= 0.6 is 0 Å². The van der Waals surface area contributed by atoms with Gasteiger partial charge in [0.1, 0.15) is 0 Å². The summed E-state index contributed by atoms with van der Waals surface area (Å²) in [5.74, 6) is 0. The summed E-state index contributed by atoms with van der Waals surface area (Å²) >= 11 is 0. The van der Waals surface area contributed by atoms with Crippen molar-refractivity contribution >= 4 is 55.7 Å². The van der Waals surface area contributed by atoms with Crippen LogP contribution in [0.25, 0.3) is 88.3 Å². The van der Waals surface area contributed by atoms with Gasteiger partial charge in [0.05, 0.1) is 22.7 Å². The first-order valence-electron chi connectivity index (χ1n) is 24.1. The highest BCUT2D eigenvalue weighted by Gasteiger charge is 2.27. The van der Waals surface area contributed by atoms with Crippen molar-refractivity contribution in [3.8, 4) is 66.8 Å². The number of para-hydroxylation sites is 4. The van der Waals surface area contributed by atoms with Gasteiger partial charge >= 0.3 is 0 Å². The number of hydrogen-bond acceptors (Lipinski definition) is 2. The molecule has 12 aromatic carbocycles. The Bertz CT molecular complexity index is 3460. The van der Waals surface area contributed by atoms with Crippen LogP contribution in [0, 0.1) is 0 Å². The Balaban J connectivity index is 0.945. The number of nitrogens with zero attached hydrogens (tertiary/aromatic N) is 2. The van der Waals surface area contributed by atoms with E-state index < -0.39 is 0 Å². The van der Waals surface area contributed by atoms with E-state index in [0.29, 0.717) is 0 Å². The van der Waals surface area contributed by atoms with Crippen molar-refractivity contribution < 1.29 is 0 Å². The fraction of sp³-hybridized carbons (Fsp3) is 0. The third-order valence-corrected chi connectivity index (χ3v) is 13.9. The second kappa shape index (κ2) is 17.4. The van der Waals surface area contributed by atoms with Crippen LogP contribution in [-0.2, 0) is 0 Å². The highest BCUT2D eigenvalue weighted by molar-refractivity contribution is 6.13. The maximum absolute atomic E-state index is 2.45. The van der Waals surface area contributed by atoms with Gasteiger partial charge in [-0.3, -0.25) is 0 Å². The summed E-state index contributed by atoms with van der Waals surface area (Å²) in [6.45, 7) is 0. The lowest BCUT2D eigenvalue weighted by molar-refractivity contribution is 1.29. The normalized spacial score (nSPS) is 11.4.